The Bertz CT molecular complexity index is 421. The highest BCUT2D eigenvalue weighted by Crippen LogP contribution is 2.29. The quantitative estimate of drug-likeness (QED) is 0.748. The van der Waals surface area contributed by atoms with Crippen LogP contribution in [-0.2, 0) is 12.3 Å². The summed E-state index contributed by atoms with van der Waals surface area (Å²) in [6, 6.07) is 2.10. The number of alkyl halides is 1. The van der Waals surface area contributed by atoms with E-state index < -0.39 is 0 Å². The third-order valence-electron chi connectivity index (χ3n) is 2.01. The van der Waals surface area contributed by atoms with Gasteiger partial charge in [0.25, 0.3) is 0 Å². The van der Waals surface area contributed by atoms with Crippen molar-refractivity contribution in [1.29, 1.82) is 0 Å². The van der Waals surface area contributed by atoms with Gasteiger partial charge in [0.05, 0.1) is 16.5 Å². The minimum Gasteiger partial charge on any atom is -0.444 e. The van der Waals surface area contributed by atoms with Gasteiger partial charge < -0.3 is 4.42 Å². The van der Waals surface area contributed by atoms with Crippen molar-refractivity contribution in [1.82, 2.24) is 4.98 Å². The van der Waals surface area contributed by atoms with Crippen LogP contribution in [0.25, 0.3) is 10.8 Å². The number of halogens is 1. The molecule has 2 heterocycles. The Kier molecular flexibility index (Phi) is 2.89. The summed E-state index contributed by atoms with van der Waals surface area (Å²) in [5.74, 6) is 1.09. The van der Waals surface area contributed by atoms with Crippen LogP contribution in [0.4, 0.5) is 0 Å². The minimum absolute atomic E-state index is 0.399. The van der Waals surface area contributed by atoms with E-state index in [2.05, 4.69) is 23.4 Å². The van der Waals surface area contributed by atoms with Crippen molar-refractivity contribution in [3.8, 4) is 10.8 Å². The van der Waals surface area contributed by atoms with Crippen LogP contribution in [0.2, 0.25) is 0 Å². The van der Waals surface area contributed by atoms with E-state index in [4.69, 9.17) is 16.0 Å². The first-order valence-corrected chi connectivity index (χ1v) is 5.83. The summed E-state index contributed by atoms with van der Waals surface area (Å²) in [6.45, 7) is 2.12. The lowest BCUT2D eigenvalue weighted by atomic mass is 10.2. The molecule has 0 aliphatic heterocycles. The molecule has 4 heteroatoms. The molecule has 0 radical (unpaired) electrons. The van der Waals surface area contributed by atoms with Crippen molar-refractivity contribution < 1.29 is 4.42 Å². The Morgan fingerprint density at radius 3 is 3.07 bits per heavy atom. The van der Waals surface area contributed by atoms with Gasteiger partial charge in [-0.15, -0.1) is 22.9 Å². The maximum Gasteiger partial charge on any atom is 0.236 e. The summed E-state index contributed by atoms with van der Waals surface area (Å²) in [6.07, 6.45) is 2.61. The fraction of sp³-hybridized carbons (Fsp3) is 0.300. The van der Waals surface area contributed by atoms with E-state index in [9.17, 15) is 0 Å². The second-order valence-corrected chi connectivity index (χ2v) is 4.09. The van der Waals surface area contributed by atoms with E-state index >= 15 is 0 Å². The Balaban J connectivity index is 2.38. The molecule has 0 fully saturated rings. The van der Waals surface area contributed by atoms with Crippen molar-refractivity contribution in [2.75, 3.05) is 0 Å². The highest BCUT2D eigenvalue weighted by molar-refractivity contribution is 7.13. The molecule has 0 aliphatic carbocycles. The van der Waals surface area contributed by atoms with Gasteiger partial charge in [0.1, 0.15) is 6.26 Å². The molecule has 0 saturated carbocycles. The second-order valence-electron chi connectivity index (χ2n) is 2.91. The van der Waals surface area contributed by atoms with Crippen LogP contribution in [0.15, 0.2) is 22.1 Å². The zero-order chi connectivity index (χ0) is 9.97. The second kappa shape index (κ2) is 4.15. The largest absolute Gasteiger partial charge is 0.444 e. The Morgan fingerprint density at radius 2 is 2.43 bits per heavy atom. The standard InChI is InChI=1S/C10H10ClNOS/c1-2-7-3-4-14-9(7)10-12-8(5-11)6-13-10/h3-4,6H,2,5H2,1H3. The lowest BCUT2D eigenvalue weighted by Gasteiger charge is -1.94. The topological polar surface area (TPSA) is 26.0 Å². The summed E-state index contributed by atoms with van der Waals surface area (Å²) >= 11 is 7.31. The molecule has 0 saturated heterocycles. The van der Waals surface area contributed by atoms with Crippen molar-refractivity contribution in [2.45, 2.75) is 19.2 Å². The first-order valence-electron chi connectivity index (χ1n) is 4.42. The van der Waals surface area contributed by atoms with Crippen molar-refractivity contribution >= 4 is 22.9 Å². The van der Waals surface area contributed by atoms with Crippen LogP contribution >= 0.6 is 22.9 Å². The highest BCUT2D eigenvalue weighted by Gasteiger charge is 2.11. The Hall–Kier alpha value is -0.800. The number of aromatic nitrogens is 1. The Morgan fingerprint density at radius 1 is 1.57 bits per heavy atom. The molecule has 14 heavy (non-hydrogen) atoms. The van der Waals surface area contributed by atoms with E-state index in [0.717, 1.165) is 17.0 Å². The molecule has 0 N–H and O–H groups in total. The molecule has 0 unspecified atom stereocenters. The average molecular weight is 228 g/mol. The number of oxazole rings is 1. The summed E-state index contributed by atoms with van der Waals surface area (Å²) in [5.41, 5.74) is 2.06. The predicted octanol–water partition coefficient (Wildman–Crippen LogP) is 3.70. The first-order chi connectivity index (χ1) is 6.85. The maximum absolute atomic E-state index is 5.66. The molecule has 2 aromatic heterocycles. The number of nitrogens with zero attached hydrogens (tertiary/aromatic N) is 1. The Labute approximate surface area is 91.5 Å². The van der Waals surface area contributed by atoms with Gasteiger partial charge in [-0.25, -0.2) is 4.98 Å². The summed E-state index contributed by atoms with van der Waals surface area (Å²) in [4.78, 5) is 5.41. The van der Waals surface area contributed by atoms with Gasteiger partial charge in [0, 0.05) is 0 Å². The molecule has 0 atom stereocenters. The number of rotatable bonds is 3. The molecule has 2 rings (SSSR count). The first kappa shape index (κ1) is 9.74. The fourth-order valence-corrected chi connectivity index (χ4v) is 2.32. The zero-order valence-electron chi connectivity index (χ0n) is 7.79. The summed E-state index contributed by atoms with van der Waals surface area (Å²) < 4.78 is 5.36. The van der Waals surface area contributed by atoms with Crippen LogP contribution in [0.1, 0.15) is 18.2 Å². The third-order valence-corrected chi connectivity index (χ3v) is 3.23. The van der Waals surface area contributed by atoms with Gasteiger partial charge in [-0.05, 0) is 23.4 Å². The summed E-state index contributed by atoms with van der Waals surface area (Å²) in [5, 5.41) is 2.05. The van der Waals surface area contributed by atoms with Crippen LogP contribution < -0.4 is 0 Å². The maximum atomic E-state index is 5.66. The van der Waals surface area contributed by atoms with Crippen LogP contribution in [0.5, 0.6) is 0 Å². The zero-order valence-corrected chi connectivity index (χ0v) is 9.36. The molecule has 2 aromatic rings. The minimum atomic E-state index is 0.399. The van der Waals surface area contributed by atoms with Gasteiger partial charge in [0.15, 0.2) is 0 Å². The van der Waals surface area contributed by atoms with Gasteiger partial charge >= 0.3 is 0 Å². The number of aryl methyl sites for hydroxylation is 1. The molecule has 0 spiro atoms. The van der Waals surface area contributed by atoms with Gasteiger partial charge in [-0.2, -0.15) is 0 Å². The van der Waals surface area contributed by atoms with Crippen LogP contribution in [0.3, 0.4) is 0 Å². The lowest BCUT2D eigenvalue weighted by Crippen LogP contribution is -1.81. The van der Waals surface area contributed by atoms with E-state index in [1.165, 1.54) is 5.56 Å². The molecule has 0 bridgehead atoms. The molecular formula is C10H10ClNOS. The SMILES string of the molecule is CCc1ccsc1-c1nc(CCl)co1. The number of hydrogen-bond donors (Lipinski definition) is 0. The van der Waals surface area contributed by atoms with E-state index in [0.29, 0.717) is 11.8 Å². The van der Waals surface area contributed by atoms with Crippen LogP contribution in [-0.4, -0.2) is 4.98 Å². The van der Waals surface area contributed by atoms with E-state index in [-0.39, 0.29) is 0 Å². The van der Waals surface area contributed by atoms with Crippen molar-refractivity contribution in [3.05, 3.63) is 29.0 Å². The molecule has 0 aliphatic rings. The van der Waals surface area contributed by atoms with Crippen LogP contribution in [0, 0.1) is 0 Å². The molecule has 0 amide bonds. The monoisotopic (exact) mass is 227 g/mol. The van der Waals surface area contributed by atoms with Crippen molar-refractivity contribution in [2.24, 2.45) is 0 Å². The normalized spacial score (nSPS) is 10.7. The molecular weight excluding hydrogens is 218 g/mol. The lowest BCUT2D eigenvalue weighted by molar-refractivity contribution is 0.574. The van der Waals surface area contributed by atoms with Gasteiger partial charge in [-0.1, -0.05) is 6.92 Å². The van der Waals surface area contributed by atoms with Gasteiger partial charge in [0.2, 0.25) is 5.89 Å². The fourth-order valence-electron chi connectivity index (χ4n) is 1.27. The molecule has 2 nitrogen and oxygen atoms in total. The molecule has 0 aromatic carbocycles. The predicted molar refractivity (Wildman–Crippen MR) is 58.8 cm³/mol. The van der Waals surface area contributed by atoms with E-state index in [1.54, 1.807) is 17.6 Å². The summed E-state index contributed by atoms with van der Waals surface area (Å²) in [7, 11) is 0. The number of thiophene rings is 1. The third kappa shape index (κ3) is 1.70. The van der Waals surface area contributed by atoms with E-state index in [1.807, 2.05) is 0 Å². The highest BCUT2D eigenvalue weighted by atomic mass is 35.5. The van der Waals surface area contributed by atoms with Crippen molar-refractivity contribution in [3.63, 3.8) is 0 Å². The van der Waals surface area contributed by atoms with Gasteiger partial charge in [-0.3, -0.25) is 0 Å². The molecule has 74 valence electrons. The smallest absolute Gasteiger partial charge is 0.236 e. The number of hydrogen-bond acceptors (Lipinski definition) is 3. The average Bonchev–Trinajstić information content (AvgIpc) is 2.85.